The van der Waals surface area contributed by atoms with Gasteiger partial charge in [-0.3, -0.25) is 0 Å². The van der Waals surface area contributed by atoms with Crippen molar-refractivity contribution < 1.29 is 13.7 Å². The van der Waals surface area contributed by atoms with Gasteiger partial charge in [-0.1, -0.05) is 37.3 Å². The van der Waals surface area contributed by atoms with E-state index in [0.717, 1.165) is 5.56 Å². The van der Waals surface area contributed by atoms with Crippen LogP contribution in [0.25, 0.3) is 0 Å². The molecule has 14 heavy (non-hydrogen) atoms. The lowest BCUT2D eigenvalue weighted by atomic mass is 10.2. The van der Waals surface area contributed by atoms with Crippen molar-refractivity contribution in [2.45, 2.75) is 13.5 Å². The highest BCUT2D eigenvalue weighted by molar-refractivity contribution is 7.33. The highest BCUT2D eigenvalue weighted by Crippen LogP contribution is 2.23. The molecule has 1 N–H and O–H groups in total. The molecule has 0 amide bonds. The van der Waals surface area contributed by atoms with Gasteiger partial charge in [0.15, 0.2) is 0 Å². The third-order valence-corrected chi connectivity index (χ3v) is 2.08. The number of hydrogen-bond donors (Lipinski definition) is 1. The lowest BCUT2D eigenvalue weighted by Gasteiger charge is -1.93. The minimum atomic E-state index is -2.07. The van der Waals surface area contributed by atoms with E-state index in [1.165, 1.54) is 0 Å². The Morgan fingerprint density at radius 2 is 2.07 bits per heavy atom. The van der Waals surface area contributed by atoms with E-state index >= 15 is 0 Å². The normalized spacial score (nSPS) is 11.4. The molecular weight excluding hydrogens is 201 g/mol. The molecular formula is C9H13NO3P+. The minimum absolute atomic E-state index is 0.293. The molecule has 0 saturated heterocycles. The van der Waals surface area contributed by atoms with Gasteiger partial charge in [0.25, 0.3) is 0 Å². The monoisotopic (exact) mass is 214 g/mol. The van der Waals surface area contributed by atoms with E-state index in [-0.39, 0.29) is 0 Å². The van der Waals surface area contributed by atoms with Gasteiger partial charge >= 0.3 is 8.25 Å². The van der Waals surface area contributed by atoms with Crippen LogP contribution in [0.2, 0.25) is 0 Å². The second kappa shape index (κ2) is 6.62. The van der Waals surface area contributed by atoms with Crippen LogP contribution >= 0.6 is 8.25 Å². The number of hydrogen-bond acceptors (Lipinski definition) is 4. The second-order valence-electron chi connectivity index (χ2n) is 2.57. The Balaban J connectivity index is 2.24. The molecule has 1 atom stereocenters. The van der Waals surface area contributed by atoms with Gasteiger partial charge in [0.1, 0.15) is 6.61 Å². The molecule has 0 aliphatic heterocycles. The summed E-state index contributed by atoms with van der Waals surface area (Å²) in [6, 6.07) is 9.51. The SMILES string of the molecule is CCNO[P+](=O)OCc1ccccc1. The second-order valence-corrected chi connectivity index (χ2v) is 3.46. The molecule has 0 aromatic heterocycles. The van der Waals surface area contributed by atoms with E-state index in [0.29, 0.717) is 13.2 Å². The average Bonchev–Trinajstić information content (AvgIpc) is 2.25. The maximum atomic E-state index is 11.0. The average molecular weight is 214 g/mol. The molecule has 1 aromatic carbocycles. The van der Waals surface area contributed by atoms with Crippen LogP contribution in [0.3, 0.4) is 0 Å². The Labute approximate surface area is 84.1 Å². The summed E-state index contributed by atoms with van der Waals surface area (Å²) < 4.78 is 20.6. The van der Waals surface area contributed by atoms with E-state index < -0.39 is 8.25 Å². The summed E-state index contributed by atoms with van der Waals surface area (Å²) in [5.74, 6) is 0. The predicted octanol–water partition coefficient (Wildman–Crippen LogP) is 2.40. The third kappa shape index (κ3) is 4.44. The first-order valence-corrected chi connectivity index (χ1v) is 5.46. The van der Waals surface area contributed by atoms with Crippen molar-refractivity contribution >= 4 is 8.25 Å². The molecule has 0 heterocycles. The van der Waals surface area contributed by atoms with Crippen molar-refractivity contribution in [2.24, 2.45) is 0 Å². The summed E-state index contributed by atoms with van der Waals surface area (Å²) >= 11 is 0. The first kappa shape index (κ1) is 11.3. The fourth-order valence-corrected chi connectivity index (χ4v) is 1.39. The number of nitrogens with one attached hydrogen (secondary N) is 1. The van der Waals surface area contributed by atoms with E-state index in [9.17, 15) is 4.57 Å². The molecule has 0 bridgehead atoms. The summed E-state index contributed by atoms with van der Waals surface area (Å²) in [6.07, 6.45) is 0. The quantitative estimate of drug-likeness (QED) is 0.583. The maximum Gasteiger partial charge on any atom is 0.716 e. The maximum absolute atomic E-state index is 11.0. The molecule has 1 unspecified atom stereocenters. The number of hydroxylamine groups is 1. The molecule has 1 rings (SSSR count). The fraction of sp³-hybridized carbons (Fsp3) is 0.333. The topological polar surface area (TPSA) is 47.6 Å². The number of benzene rings is 1. The van der Waals surface area contributed by atoms with Crippen LogP contribution in [0.5, 0.6) is 0 Å². The van der Waals surface area contributed by atoms with Crippen molar-refractivity contribution in [1.82, 2.24) is 5.48 Å². The molecule has 0 aliphatic carbocycles. The molecule has 0 radical (unpaired) electrons. The van der Waals surface area contributed by atoms with E-state index in [4.69, 9.17) is 4.52 Å². The molecule has 1 aromatic rings. The molecule has 0 fully saturated rings. The van der Waals surface area contributed by atoms with E-state index in [1.807, 2.05) is 37.3 Å². The van der Waals surface area contributed by atoms with Crippen molar-refractivity contribution in [2.75, 3.05) is 6.54 Å². The van der Waals surface area contributed by atoms with E-state index in [1.54, 1.807) is 0 Å². The smallest absolute Gasteiger partial charge is 0.149 e. The fourth-order valence-electron chi connectivity index (χ4n) is 0.845. The molecule has 4 nitrogen and oxygen atoms in total. The third-order valence-electron chi connectivity index (χ3n) is 1.46. The Kier molecular flexibility index (Phi) is 5.33. The Bertz CT molecular complexity index is 279. The zero-order valence-electron chi connectivity index (χ0n) is 7.97. The zero-order chi connectivity index (χ0) is 10.2. The summed E-state index contributed by atoms with van der Waals surface area (Å²) in [5, 5.41) is 0. The Morgan fingerprint density at radius 3 is 2.71 bits per heavy atom. The van der Waals surface area contributed by atoms with Crippen molar-refractivity contribution in [3.05, 3.63) is 35.9 Å². The Morgan fingerprint density at radius 1 is 1.36 bits per heavy atom. The van der Waals surface area contributed by atoms with Crippen molar-refractivity contribution in [1.29, 1.82) is 0 Å². The standard InChI is InChI=1S/C9H13NO3P/c1-2-10-13-14(11)12-8-9-6-4-3-5-7-9/h3-7,10H,2,8H2,1H3/q+1. The van der Waals surface area contributed by atoms with Gasteiger partial charge in [-0.15, -0.1) is 10.0 Å². The predicted molar refractivity (Wildman–Crippen MR) is 53.6 cm³/mol. The largest absolute Gasteiger partial charge is 0.716 e. The van der Waals surface area contributed by atoms with Crippen molar-refractivity contribution in [3.63, 3.8) is 0 Å². The van der Waals surface area contributed by atoms with Gasteiger partial charge in [-0.05, 0) is 10.2 Å². The van der Waals surface area contributed by atoms with Gasteiger partial charge in [0, 0.05) is 11.1 Å². The summed E-state index contributed by atoms with van der Waals surface area (Å²) in [5.41, 5.74) is 3.44. The lowest BCUT2D eigenvalue weighted by molar-refractivity contribution is 0.156. The first-order chi connectivity index (χ1) is 6.83. The van der Waals surface area contributed by atoms with Crippen LogP contribution in [0.15, 0.2) is 30.3 Å². The van der Waals surface area contributed by atoms with Crippen LogP contribution < -0.4 is 5.48 Å². The van der Waals surface area contributed by atoms with Crippen LogP contribution in [0, 0.1) is 0 Å². The lowest BCUT2D eigenvalue weighted by Crippen LogP contribution is -2.08. The summed E-state index contributed by atoms with van der Waals surface area (Å²) in [6.45, 7) is 2.73. The van der Waals surface area contributed by atoms with Gasteiger partial charge in [-0.2, -0.15) is 0 Å². The first-order valence-electron chi connectivity index (χ1n) is 4.37. The minimum Gasteiger partial charge on any atom is -0.149 e. The highest BCUT2D eigenvalue weighted by Gasteiger charge is 2.19. The molecule has 0 spiro atoms. The van der Waals surface area contributed by atoms with Crippen molar-refractivity contribution in [3.8, 4) is 0 Å². The molecule has 0 aliphatic rings. The molecule has 5 heteroatoms. The Hall–Kier alpha value is -0.800. The van der Waals surface area contributed by atoms with Gasteiger partial charge in [0.2, 0.25) is 0 Å². The van der Waals surface area contributed by atoms with Gasteiger partial charge in [0.05, 0.1) is 0 Å². The molecule has 0 saturated carbocycles. The van der Waals surface area contributed by atoms with Crippen LogP contribution in [0.1, 0.15) is 12.5 Å². The van der Waals surface area contributed by atoms with E-state index in [2.05, 4.69) is 10.1 Å². The van der Waals surface area contributed by atoms with Crippen LogP contribution in [0.4, 0.5) is 0 Å². The highest BCUT2D eigenvalue weighted by atomic mass is 31.1. The zero-order valence-corrected chi connectivity index (χ0v) is 8.87. The van der Waals surface area contributed by atoms with Gasteiger partial charge in [-0.25, -0.2) is 0 Å². The van der Waals surface area contributed by atoms with Gasteiger partial charge < -0.3 is 0 Å². The molecule has 76 valence electrons. The van der Waals surface area contributed by atoms with Crippen LogP contribution in [-0.2, 0) is 20.3 Å². The summed E-state index contributed by atoms with van der Waals surface area (Å²) in [4.78, 5) is 0. The summed E-state index contributed by atoms with van der Waals surface area (Å²) in [7, 11) is -2.07. The van der Waals surface area contributed by atoms with Crippen LogP contribution in [-0.4, -0.2) is 6.54 Å². The number of rotatable bonds is 6.